The van der Waals surface area contributed by atoms with E-state index in [9.17, 15) is 0 Å². The lowest BCUT2D eigenvalue weighted by atomic mass is 10.1. The first-order chi connectivity index (χ1) is 12.6. The van der Waals surface area contributed by atoms with E-state index in [0.717, 1.165) is 38.9 Å². The summed E-state index contributed by atoms with van der Waals surface area (Å²) < 4.78 is 6.70. The van der Waals surface area contributed by atoms with Crippen molar-refractivity contribution in [1.29, 1.82) is 0 Å². The second-order valence-corrected chi connectivity index (χ2v) is 6.87. The normalized spacial score (nSPS) is 11.2. The first-order valence-electron chi connectivity index (χ1n) is 8.45. The second-order valence-electron chi connectivity index (χ2n) is 6.02. The predicted molar refractivity (Wildman–Crippen MR) is 109 cm³/mol. The smallest absolute Gasteiger partial charge is 0.228 e. The van der Waals surface area contributed by atoms with Crippen LogP contribution in [0.1, 0.15) is 18.2 Å². The summed E-state index contributed by atoms with van der Waals surface area (Å²) in [7, 11) is 1.98. The van der Waals surface area contributed by atoms with E-state index in [1.54, 1.807) is 12.5 Å². The average Bonchev–Trinajstić information content (AvgIpc) is 2.66. The highest BCUT2D eigenvalue weighted by molar-refractivity contribution is 9.10. The van der Waals surface area contributed by atoms with Gasteiger partial charge in [0.2, 0.25) is 5.88 Å². The van der Waals surface area contributed by atoms with E-state index >= 15 is 0 Å². The third-order valence-electron chi connectivity index (χ3n) is 4.04. The van der Waals surface area contributed by atoms with Crippen molar-refractivity contribution < 1.29 is 4.74 Å². The van der Waals surface area contributed by atoms with E-state index in [4.69, 9.17) is 4.74 Å². The van der Waals surface area contributed by atoms with Gasteiger partial charge in [-0.2, -0.15) is 0 Å². The predicted octanol–water partition coefficient (Wildman–Crippen LogP) is 4.89. The molecule has 26 heavy (non-hydrogen) atoms. The Morgan fingerprint density at radius 2 is 2.12 bits per heavy atom. The summed E-state index contributed by atoms with van der Waals surface area (Å²) in [5, 5.41) is 1.10. The maximum Gasteiger partial charge on any atom is 0.228 e. The van der Waals surface area contributed by atoms with Gasteiger partial charge in [-0.25, -0.2) is 9.98 Å². The highest BCUT2D eigenvalue weighted by atomic mass is 79.9. The van der Waals surface area contributed by atoms with E-state index in [0.29, 0.717) is 12.5 Å². The quantitative estimate of drug-likeness (QED) is 0.427. The minimum absolute atomic E-state index is 0.442. The van der Waals surface area contributed by atoms with Crippen LogP contribution >= 0.6 is 15.9 Å². The molecule has 0 aliphatic heterocycles. The van der Waals surface area contributed by atoms with Crippen LogP contribution in [-0.2, 0) is 6.61 Å². The molecule has 6 heteroatoms. The third-order valence-corrected chi connectivity index (χ3v) is 4.61. The molecule has 0 radical (unpaired) electrons. The maximum absolute atomic E-state index is 5.91. The molecule has 0 bridgehead atoms. The fourth-order valence-corrected chi connectivity index (χ4v) is 2.81. The number of aromatic nitrogens is 2. The van der Waals surface area contributed by atoms with Crippen LogP contribution in [0.3, 0.4) is 0 Å². The lowest BCUT2D eigenvalue weighted by molar-refractivity contribution is 0.291. The molecule has 0 atom stereocenters. The Labute approximate surface area is 161 Å². The van der Waals surface area contributed by atoms with Crippen molar-refractivity contribution in [2.75, 3.05) is 13.6 Å². The molecular weight excluding hydrogens is 392 g/mol. The molecule has 2 aromatic heterocycles. The van der Waals surface area contributed by atoms with Crippen molar-refractivity contribution in [3.05, 3.63) is 58.3 Å². The van der Waals surface area contributed by atoms with Gasteiger partial charge < -0.3 is 9.64 Å². The van der Waals surface area contributed by atoms with Crippen LogP contribution in [0, 0.1) is 6.92 Å². The number of ether oxygens (including phenoxy) is 1. The summed E-state index contributed by atoms with van der Waals surface area (Å²) in [5.74, 6) is 0.566. The fraction of sp³-hybridized carbons (Fsp3) is 0.250. The number of fused-ring (bicyclic) bond motifs is 1. The van der Waals surface area contributed by atoms with E-state index < -0.39 is 0 Å². The zero-order chi connectivity index (χ0) is 18.5. The Kier molecular flexibility index (Phi) is 5.83. The molecule has 0 unspecified atom stereocenters. The molecule has 3 aromatic rings. The summed E-state index contributed by atoms with van der Waals surface area (Å²) in [6.45, 7) is 5.35. The van der Waals surface area contributed by atoms with Crippen molar-refractivity contribution in [3.63, 3.8) is 0 Å². The number of rotatable bonds is 6. The number of hydrogen-bond donors (Lipinski definition) is 0. The van der Waals surface area contributed by atoms with Crippen molar-refractivity contribution in [2.24, 2.45) is 4.99 Å². The van der Waals surface area contributed by atoms with Crippen LogP contribution in [0.15, 0.2) is 52.1 Å². The summed E-state index contributed by atoms with van der Waals surface area (Å²) in [5.41, 5.74) is 3.70. The molecule has 0 N–H and O–H groups in total. The molecule has 0 saturated carbocycles. The van der Waals surface area contributed by atoms with Crippen molar-refractivity contribution >= 4 is 38.9 Å². The molecule has 2 heterocycles. The SMILES string of the molecule is CCN(C)/C=N/c1cc(Br)c(OCc2ccc3ncccc3c2)nc1C. The van der Waals surface area contributed by atoms with Gasteiger partial charge in [-0.3, -0.25) is 4.98 Å². The van der Waals surface area contributed by atoms with Gasteiger partial charge in [-0.15, -0.1) is 0 Å². The monoisotopic (exact) mass is 412 g/mol. The van der Waals surface area contributed by atoms with Crippen LogP contribution < -0.4 is 4.74 Å². The molecule has 0 saturated heterocycles. The summed E-state index contributed by atoms with van der Waals surface area (Å²) >= 11 is 3.53. The molecule has 0 aliphatic carbocycles. The first-order valence-corrected chi connectivity index (χ1v) is 9.24. The average molecular weight is 413 g/mol. The van der Waals surface area contributed by atoms with Crippen LogP contribution in [0.25, 0.3) is 10.9 Å². The van der Waals surface area contributed by atoms with Gasteiger partial charge in [0.15, 0.2) is 0 Å². The van der Waals surface area contributed by atoms with Crippen LogP contribution in [0.5, 0.6) is 5.88 Å². The van der Waals surface area contributed by atoms with Crippen molar-refractivity contribution in [1.82, 2.24) is 14.9 Å². The Bertz CT molecular complexity index is 942. The van der Waals surface area contributed by atoms with Crippen LogP contribution in [0.4, 0.5) is 5.69 Å². The summed E-state index contributed by atoms with van der Waals surface area (Å²) in [6.07, 6.45) is 3.60. The zero-order valence-electron chi connectivity index (χ0n) is 15.1. The zero-order valence-corrected chi connectivity index (χ0v) is 16.7. The Morgan fingerprint density at radius 1 is 1.27 bits per heavy atom. The minimum atomic E-state index is 0.442. The number of halogens is 1. The molecule has 3 rings (SSSR count). The van der Waals surface area contributed by atoms with Gasteiger partial charge in [0.25, 0.3) is 0 Å². The van der Waals surface area contributed by atoms with E-state index in [-0.39, 0.29) is 0 Å². The number of pyridine rings is 2. The maximum atomic E-state index is 5.91. The third kappa shape index (κ3) is 4.38. The highest BCUT2D eigenvalue weighted by Crippen LogP contribution is 2.30. The van der Waals surface area contributed by atoms with Gasteiger partial charge in [-0.05, 0) is 59.6 Å². The lowest BCUT2D eigenvalue weighted by Crippen LogP contribution is -2.14. The summed E-state index contributed by atoms with van der Waals surface area (Å²) in [6, 6.07) is 12.0. The molecule has 0 fully saturated rings. The number of nitrogens with zero attached hydrogens (tertiary/aromatic N) is 4. The van der Waals surface area contributed by atoms with Crippen LogP contribution in [0.2, 0.25) is 0 Å². The fourth-order valence-electron chi connectivity index (χ4n) is 2.39. The number of benzene rings is 1. The topological polar surface area (TPSA) is 50.6 Å². The van der Waals surface area contributed by atoms with Gasteiger partial charge in [0, 0.05) is 25.2 Å². The molecule has 0 spiro atoms. The van der Waals surface area contributed by atoms with Gasteiger partial charge in [0.1, 0.15) is 6.61 Å². The molecule has 134 valence electrons. The van der Waals surface area contributed by atoms with Crippen molar-refractivity contribution in [3.8, 4) is 5.88 Å². The number of hydrogen-bond acceptors (Lipinski definition) is 4. The largest absolute Gasteiger partial charge is 0.472 e. The first kappa shape index (κ1) is 18.3. The lowest BCUT2D eigenvalue weighted by Gasteiger charge is -2.11. The minimum Gasteiger partial charge on any atom is -0.472 e. The number of aryl methyl sites for hydroxylation is 1. The van der Waals surface area contributed by atoms with Gasteiger partial charge in [0.05, 0.1) is 27.7 Å². The van der Waals surface area contributed by atoms with Crippen LogP contribution in [-0.4, -0.2) is 34.8 Å². The Morgan fingerprint density at radius 3 is 2.92 bits per heavy atom. The summed E-state index contributed by atoms with van der Waals surface area (Å²) in [4.78, 5) is 15.4. The van der Waals surface area contributed by atoms with E-state index in [1.165, 1.54) is 0 Å². The Hall–Kier alpha value is -2.47. The standard InChI is InChI=1S/C20H21BrN4O/c1-4-25(3)13-23-19-11-17(21)20(24-14(19)2)26-12-15-7-8-18-16(10-15)6-5-9-22-18/h5-11,13H,4,12H2,1-3H3/b23-13+. The van der Waals surface area contributed by atoms with E-state index in [1.807, 2.05) is 49.2 Å². The second kappa shape index (κ2) is 8.27. The Balaban J connectivity index is 1.74. The number of aliphatic imine (C=N–C) groups is 1. The van der Waals surface area contributed by atoms with Gasteiger partial charge >= 0.3 is 0 Å². The van der Waals surface area contributed by atoms with Crippen molar-refractivity contribution in [2.45, 2.75) is 20.5 Å². The highest BCUT2D eigenvalue weighted by Gasteiger charge is 2.09. The molecular formula is C20H21BrN4O. The molecule has 1 aromatic carbocycles. The van der Waals surface area contributed by atoms with E-state index in [2.05, 4.69) is 43.9 Å². The molecule has 5 nitrogen and oxygen atoms in total. The van der Waals surface area contributed by atoms with Gasteiger partial charge in [-0.1, -0.05) is 12.1 Å². The molecule has 0 amide bonds. The molecule has 0 aliphatic rings.